The molecule has 4 aromatic rings. The third-order valence-electron chi connectivity index (χ3n) is 7.66. The van der Waals surface area contributed by atoms with E-state index in [0.717, 1.165) is 21.0 Å². The maximum atomic E-state index is 14.5. The summed E-state index contributed by atoms with van der Waals surface area (Å²) in [5.41, 5.74) is 3.80. The highest BCUT2D eigenvalue weighted by Gasteiger charge is 2.34. The van der Waals surface area contributed by atoms with Crippen molar-refractivity contribution in [3.63, 3.8) is 0 Å². The topological polar surface area (TPSA) is 86.8 Å². The number of anilines is 1. The van der Waals surface area contributed by atoms with Gasteiger partial charge in [-0.05, 0) is 66.8 Å². The van der Waals surface area contributed by atoms with Crippen LogP contribution < -0.4 is 9.62 Å². The fourth-order valence-corrected chi connectivity index (χ4v) is 6.66. The number of aryl methyl sites for hydroxylation is 1. The predicted molar refractivity (Wildman–Crippen MR) is 181 cm³/mol. The van der Waals surface area contributed by atoms with Crippen molar-refractivity contribution >= 4 is 39.1 Å². The minimum Gasteiger partial charge on any atom is -0.355 e. The molecule has 0 aliphatic rings. The Morgan fingerprint density at radius 3 is 2.07 bits per heavy atom. The average molecular weight is 646 g/mol. The van der Waals surface area contributed by atoms with Crippen LogP contribution in [0.15, 0.2) is 108 Å². The van der Waals surface area contributed by atoms with Crippen LogP contribution in [0.1, 0.15) is 48.9 Å². The largest absolute Gasteiger partial charge is 0.355 e. The smallest absolute Gasteiger partial charge is 0.264 e. The zero-order chi connectivity index (χ0) is 32.6. The number of likely N-dealkylation sites (N-methyl/N-ethyl adjacent to an activating group) is 1. The molecular weight excluding hydrogens is 606 g/mol. The zero-order valence-corrected chi connectivity index (χ0v) is 27.7. The molecule has 0 heterocycles. The molecule has 0 aliphatic carbocycles. The molecule has 1 N–H and O–H groups in total. The Morgan fingerprint density at radius 1 is 0.844 bits per heavy atom. The summed E-state index contributed by atoms with van der Waals surface area (Å²) in [6.45, 7) is 7.66. The minimum atomic E-state index is -4.17. The van der Waals surface area contributed by atoms with Crippen molar-refractivity contribution in [2.75, 3.05) is 17.4 Å². The first kappa shape index (κ1) is 33.7. The molecule has 236 valence electrons. The highest BCUT2D eigenvalue weighted by atomic mass is 35.5. The molecule has 1 atom stereocenters. The number of carbonyl (C=O) groups excluding carboxylic acids is 2. The van der Waals surface area contributed by atoms with Gasteiger partial charge in [0.2, 0.25) is 11.8 Å². The van der Waals surface area contributed by atoms with Gasteiger partial charge in [-0.2, -0.15) is 0 Å². The van der Waals surface area contributed by atoms with Gasteiger partial charge in [-0.25, -0.2) is 8.42 Å². The summed E-state index contributed by atoms with van der Waals surface area (Å²) in [5.74, 6) is -0.633. The SMILES string of the molecule is CCNC(=O)[C@H](Cc1ccccc1)N(Cc1ccccc1Cl)C(=O)CN(c1ccc(C(C)C)cc1)S(=O)(=O)c1ccc(C)cc1. The van der Waals surface area contributed by atoms with Crippen LogP contribution in [0, 0.1) is 6.92 Å². The number of halogens is 1. The van der Waals surface area contributed by atoms with Gasteiger partial charge in [-0.3, -0.25) is 13.9 Å². The Balaban J connectivity index is 1.81. The Bertz CT molecular complexity index is 1690. The first-order valence-electron chi connectivity index (χ1n) is 15.0. The van der Waals surface area contributed by atoms with E-state index in [4.69, 9.17) is 11.6 Å². The summed E-state index contributed by atoms with van der Waals surface area (Å²) >= 11 is 6.54. The Morgan fingerprint density at radius 2 is 1.47 bits per heavy atom. The molecule has 0 spiro atoms. The molecule has 0 fully saturated rings. The van der Waals surface area contributed by atoms with Crippen molar-refractivity contribution in [2.24, 2.45) is 0 Å². The number of hydrogen-bond acceptors (Lipinski definition) is 4. The number of hydrogen-bond donors (Lipinski definition) is 1. The van der Waals surface area contributed by atoms with Crippen LogP contribution in [0.4, 0.5) is 5.69 Å². The highest BCUT2D eigenvalue weighted by Crippen LogP contribution is 2.28. The molecule has 45 heavy (non-hydrogen) atoms. The van der Waals surface area contributed by atoms with Gasteiger partial charge in [-0.15, -0.1) is 0 Å². The molecule has 2 amide bonds. The minimum absolute atomic E-state index is 0.0118. The van der Waals surface area contributed by atoms with Crippen molar-refractivity contribution < 1.29 is 18.0 Å². The van der Waals surface area contributed by atoms with E-state index in [1.54, 1.807) is 54.6 Å². The summed E-state index contributed by atoms with van der Waals surface area (Å²) in [4.78, 5) is 29.6. The van der Waals surface area contributed by atoms with Gasteiger partial charge < -0.3 is 10.2 Å². The van der Waals surface area contributed by atoms with Crippen molar-refractivity contribution in [2.45, 2.75) is 57.5 Å². The number of carbonyl (C=O) groups is 2. The first-order chi connectivity index (χ1) is 21.5. The summed E-state index contributed by atoms with van der Waals surface area (Å²) in [6, 6.07) is 29.3. The molecule has 0 saturated carbocycles. The average Bonchev–Trinajstić information content (AvgIpc) is 3.03. The second kappa shape index (κ2) is 15.2. The normalized spacial score (nSPS) is 12.0. The van der Waals surface area contributed by atoms with Gasteiger partial charge >= 0.3 is 0 Å². The molecule has 0 radical (unpaired) electrons. The monoisotopic (exact) mass is 645 g/mol. The summed E-state index contributed by atoms with van der Waals surface area (Å²) in [5, 5.41) is 3.31. The van der Waals surface area contributed by atoms with Gasteiger partial charge in [-0.1, -0.05) is 104 Å². The fraction of sp³-hybridized carbons (Fsp3) is 0.278. The van der Waals surface area contributed by atoms with Crippen molar-refractivity contribution in [3.05, 3.63) is 130 Å². The van der Waals surface area contributed by atoms with Crippen LogP contribution >= 0.6 is 11.6 Å². The molecule has 0 bridgehead atoms. The lowest BCUT2D eigenvalue weighted by Gasteiger charge is -2.34. The molecule has 4 rings (SSSR count). The second-order valence-corrected chi connectivity index (χ2v) is 13.6. The lowest BCUT2D eigenvalue weighted by Crippen LogP contribution is -2.53. The van der Waals surface area contributed by atoms with Crippen molar-refractivity contribution in [3.8, 4) is 0 Å². The number of benzene rings is 4. The number of nitrogens with one attached hydrogen (secondary N) is 1. The van der Waals surface area contributed by atoms with E-state index in [1.165, 1.54) is 4.90 Å². The molecule has 0 saturated heterocycles. The van der Waals surface area contributed by atoms with Crippen molar-refractivity contribution in [1.29, 1.82) is 0 Å². The van der Waals surface area contributed by atoms with Crippen LogP contribution in [0.25, 0.3) is 0 Å². The van der Waals surface area contributed by atoms with E-state index in [0.29, 0.717) is 22.8 Å². The number of nitrogens with zero attached hydrogens (tertiary/aromatic N) is 2. The molecule has 7 nitrogen and oxygen atoms in total. The fourth-order valence-electron chi connectivity index (χ4n) is 5.05. The van der Waals surface area contributed by atoms with Crippen LogP contribution in [0.2, 0.25) is 5.02 Å². The van der Waals surface area contributed by atoms with E-state index in [1.807, 2.05) is 62.4 Å². The summed E-state index contributed by atoms with van der Waals surface area (Å²) in [7, 11) is -4.17. The summed E-state index contributed by atoms with van der Waals surface area (Å²) < 4.78 is 29.5. The molecule has 9 heteroatoms. The second-order valence-electron chi connectivity index (χ2n) is 11.3. The first-order valence-corrected chi connectivity index (χ1v) is 16.9. The summed E-state index contributed by atoms with van der Waals surface area (Å²) in [6.07, 6.45) is 0.233. The highest BCUT2D eigenvalue weighted by molar-refractivity contribution is 7.92. The Kier molecular flexibility index (Phi) is 11.4. The third kappa shape index (κ3) is 8.53. The van der Waals surface area contributed by atoms with Gasteiger partial charge in [0.15, 0.2) is 0 Å². The van der Waals surface area contributed by atoms with Crippen LogP contribution in [0.5, 0.6) is 0 Å². The molecule has 0 unspecified atom stereocenters. The van der Waals surface area contributed by atoms with Gasteiger partial charge in [0, 0.05) is 24.5 Å². The lowest BCUT2D eigenvalue weighted by atomic mass is 10.0. The zero-order valence-electron chi connectivity index (χ0n) is 26.1. The number of sulfonamides is 1. The molecule has 0 aliphatic heterocycles. The standard InChI is InChI=1S/C36H40ClN3O4S/c1-5-38-36(42)34(23-28-11-7-6-8-12-28)39(24-30-13-9-10-14-33(30)37)35(41)25-40(31-19-17-29(18-20-31)26(2)3)45(43,44)32-21-15-27(4)16-22-32/h6-22,26,34H,5,23-25H2,1-4H3,(H,38,42)/t34-/m0/s1. The van der Waals surface area contributed by atoms with E-state index < -0.39 is 28.5 Å². The van der Waals surface area contributed by atoms with Crippen LogP contribution in [-0.4, -0.2) is 44.3 Å². The predicted octanol–water partition coefficient (Wildman–Crippen LogP) is 6.74. The van der Waals surface area contributed by atoms with E-state index in [9.17, 15) is 18.0 Å². The van der Waals surface area contributed by atoms with Gasteiger partial charge in [0.05, 0.1) is 10.6 Å². The Hall–Kier alpha value is -4.14. The molecule has 0 aromatic heterocycles. The lowest BCUT2D eigenvalue weighted by molar-refractivity contribution is -0.140. The molecular formula is C36H40ClN3O4S. The van der Waals surface area contributed by atoms with Crippen LogP contribution in [0.3, 0.4) is 0 Å². The van der Waals surface area contributed by atoms with Gasteiger partial charge in [0.25, 0.3) is 10.0 Å². The van der Waals surface area contributed by atoms with E-state index in [2.05, 4.69) is 19.2 Å². The van der Waals surface area contributed by atoms with Crippen molar-refractivity contribution in [1.82, 2.24) is 10.2 Å². The maximum absolute atomic E-state index is 14.5. The van der Waals surface area contributed by atoms with Gasteiger partial charge in [0.1, 0.15) is 12.6 Å². The number of amides is 2. The van der Waals surface area contributed by atoms with E-state index in [-0.39, 0.29) is 29.7 Å². The van der Waals surface area contributed by atoms with E-state index >= 15 is 0 Å². The maximum Gasteiger partial charge on any atom is 0.264 e. The Labute approximate surface area is 271 Å². The molecule has 4 aromatic carbocycles. The number of rotatable bonds is 13. The van der Waals surface area contributed by atoms with Crippen LogP contribution in [-0.2, 0) is 32.6 Å². The quantitative estimate of drug-likeness (QED) is 0.174. The third-order valence-corrected chi connectivity index (χ3v) is 9.81.